The van der Waals surface area contributed by atoms with Crippen LogP contribution in [-0.4, -0.2) is 20.2 Å². The van der Waals surface area contributed by atoms with Gasteiger partial charge in [0.05, 0.1) is 6.61 Å². The first-order valence-electron chi connectivity index (χ1n) is 7.51. The van der Waals surface area contributed by atoms with Crippen LogP contribution in [0.25, 0.3) is 0 Å². The molecule has 0 aliphatic carbocycles. The van der Waals surface area contributed by atoms with Crippen LogP contribution in [0.15, 0.2) is 42.5 Å². The van der Waals surface area contributed by atoms with Crippen molar-refractivity contribution < 1.29 is 4.74 Å². The molecule has 0 spiro atoms. The van der Waals surface area contributed by atoms with Gasteiger partial charge in [-0.1, -0.05) is 24.3 Å². The maximum Gasteiger partial charge on any atom is 0.122 e. The van der Waals surface area contributed by atoms with Gasteiger partial charge in [-0.15, -0.1) is 0 Å². The Balaban J connectivity index is 1.64. The number of hydrogen-bond acceptors (Lipinski definition) is 3. The fourth-order valence-electron chi connectivity index (χ4n) is 2.74. The van der Waals surface area contributed by atoms with Crippen molar-refractivity contribution in [2.24, 2.45) is 5.73 Å². The van der Waals surface area contributed by atoms with Crippen molar-refractivity contribution in [3.63, 3.8) is 0 Å². The lowest BCUT2D eigenvalue weighted by atomic mass is 10.1. The van der Waals surface area contributed by atoms with Crippen molar-refractivity contribution >= 4 is 5.69 Å². The van der Waals surface area contributed by atoms with E-state index in [1.54, 1.807) is 0 Å². The van der Waals surface area contributed by atoms with Crippen molar-refractivity contribution in [3.05, 3.63) is 59.2 Å². The highest BCUT2D eigenvalue weighted by Gasteiger charge is 2.12. The molecule has 0 atom stereocenters. The normalized spacial score (nSPS) is 12.9. The summed E-state index contributed by atoms with van der Waals surface area (Å²) in [6.07, 6.45) is 2.08. The average molecular weight is 282 g/mol. The molecular formula is C18H22N2O. The van der Waals surface area contributed by atoms with Crippen molar-refractivity contribution in [3.8, 4) is 5.75 Å². The molecule has 0 fully saturated rings. The monoisotopic (exact) mass is 282 g/mol. The van der Waals surface area contributed by atoms with Gasteiger partial charge in [-0.2, -0.15) is 0 Å². The van der Waals surface area contributed by atoms with Crippen LogP contribution in [0.2, 0.25) is 0 Å². The van der Waals surface area contributed by atoms with Gasteiger partial charge in [0.2, 0.25) is 0 Å². The van der Waals surface area contributed by atoms with Crippen LogP contribution in [0.1, 0.15) is 16.7 Å². The van der Waals surface area contributed by atoms with E-state index in [4.69, 9.17) is 10.5 Å². The number of rotatable bonds is 5. The highest BCUT2D eigenvalue weighted by Crippen LogP contribution is 2.26. The number of likely N-dealkylation sites (N-methyl/N-ethyl adjacent to an activating group) is 1. The van der Waals surface area contributed by atoms with Gasteiger partial charge in [0.15, 0.2) is 0 Å². The van der Waals surface area contributed by atoms with Crippen LogP contribution in [0.5, 0.6) is 5.75 Å². The lowest BCUT2D eigenvalue weighted by Gasteiger charge is -2.20. The number of nitrogens with two attached hydrogens (primary N) is 1. The van der Waals surface area contributed by atoms with Crippen molar-refractivity contribution in [2.45, 2.75) is 19.4 Å². The van der Waals surface area contributed by atoms with Gasteiger partial charge in [0, 0.05) is 32.2 Å². The largest absolute Gasteiger partial charge is 0.493 e. The minimum Gasteiger partial charge on any atom is -0.493 e. The van der Waals surface area contributed by atoms with Gasteiger partial charge >= 0.3 is 0 Å². The van der Waals surface area contributed by atoms with Crippen LogP contribution >= 0.6 is 0 Å². The minimum atomic E-state index is 0.590. The predicted octanol–water partition coefficient (Wildman–Crippen LogP) is 2.76. The molecular weight excluding hydrogens is 260 g/mol. The summed E-state index contributed by atoms with van der Waals surface area (Å²) < 4.78 is 5.55. The Kier molecular flexibility index (Phi) is 4.11. The molecule has 0 aromatic heterocycles. The summed E-state index contributed by atoms with van der Waals surface area (Å²) in [5, 5.41) is 0. The molecule has 110 valence electrons. The van der Waals surface area contributed by atoms with Crippen LogP contribution in [-0.2, 0) is 19.4 Å². The molecule has 0 saturated carbocycles. The van der Waals surface area contributed by atoms with Gasteiger partial charge < -0.3 is 15.4 Å². The second-order valence-electron chi connectivity index (χ2n) is 5.59. The Bertz CT molecular complexity index is 624. The molecule has 3 nitrogen and oxygen atoms in total. The molecule has 0 saturated heterocycles. The summed E-state index contributed by atoms with van der Waals surface area (Å²) in [4.78, 5) is 2.28. The van der Waals surface area contributed by atoms with E-state index in [2.05, 4.69) is 54.4 Å². The van der Waals surface area contributed by atoms with Gasteiger partial charge in [-0.3, -0.25) is 0 Å². The zero-order valence-corrected chi connectivity index (χ0v) is 12.5. The van der Waals surface area contributed by atoms with Crippen LogP contribution < -0.4 is 15.4 Å². The minimum absolute atomic E-state index is 0.590. The van der Waals surface area contributed by atoms with E-state index in [-0.39, 0.29) is 0 Å². The first-order valence-corrected chi connectivity index (χ1v) is 7.51. The summed E-state index contributed by atoms with van der Waals surface area (Å²) >= 11 is 0. The van der Waals surface area contributed by atoms with Crippen molar-refractivity contribution in [2.75, 3.05) is 25.1 Å². The molecule has 1 aliphatic rings. The molecule has 0 bridgehead atoms. The van der Waals surface area contributed by atoms with Crippen LogP contribution in [0.3, 0.4) is 0 Å². The number of benzene rings is 2. The number of anilines is 1. The molecule has 2 aromatic rings. The molecule has 2 N–H and O–H groups in total. The third-order valence-electron chi connectivity index (χ3n) is 4.08. The second-order valence-corrected chi connectivity index (χ2v) is 5.59. The molecule has 0 unspecified atom stereocenters. The first-order chi connectivity index (χ1) is 10.3. The topological polar surface area (TPSA) is 38.5 Å². The summed E-state index contributed by atoms with van der Waals surface area (Å²) in [7, 11) is 2.13. The third-order valence-corrected chi connectivity index (χ3v) is 4.08. The molecule has 3 heteroatoms. The Morgan fingerprint density at radius 2 is 2.05 bits per heavy atom. The van der Waals surface area contributed by atoms with E-state index in [0.29, 0.717) is 6.54 Å². The number of hydrogen-bond donors (Lipinski definition) is 1. The van der Waals surface area contributed by atoms with E-state index in [1.807, 2.05) is 0 Å². The Morgan fingerprint density at radius 3 is 2.90 bits per heavy atom. The molecule has 3 rings (SSSR count). The quantitative estimate of drug-likeness (QED) is 0.916. The lowest BCUT2D eigenvalue weighted by Crippen LogP contribution is -2.20. The van der Waals surface area contributed by atoms with E-state index < -0.39 is 0 Å². The van der Waals surface area contributed by atoms with Crippen molar-refractivity contribution in [1.82, 2.24) is 0 Å². The van der Waals surface area contributed by atoms with Gasteiger partial charge in [-0.25, -0.2) is 0 Å². The molecule has 0 radical (unpaired) electrons. The molecule has 0 amide bonds. The number of fused-ring (bicyclic) bond motifs is 1. The first kappa shape index (κ1) is 14.0. The summed E-state index contributed by atoms with van der Waals surface area (Å²) in [5.41, 5.74) is 10.8. The molecule has 1 heterocycles. The summed E-state index contributed by atoms with van der Waals surface area (Å²) in [6.45, 7) is 2.41. The van der Waals surface area contributed by atoms with Crippen LogP contribution in [0, 0.1) is 0 Å². The van der Waals surface area contributed by atoms with Gasteiger partial charge in [0.1, 0.15) is 5.75 Å². The second kappa shape index (κ2) is 6.19. The summed E-state index contributed by atoms with van der Waals surface area (Å²) in [5.74, 6) is 1.06. The van der Waals surface area contributed by atoms with Crippen LogP contribution in [0.4, 0.5) is 5.69 Å². The smallest absolute Gasteiger partial charge is 0.122 e. The number of ether oxygens (including phenoxy) is 1. The van der Waals surface area contributed by atoms with E-state index in [0.717, 1.165) is 31.7 Å². The number of nitrogens with zero attached hydrogens (tertiary/aromatic N) is 1. The van der Waals surface area contributed by atoms with E-state index in [9.17, 15) is 0 Å². The third kappa shape index (κ3) is 3.19. The highest BCUT2D eigenvalue weighted by molar-refractivity contribution is 5.48. The Morgan fingerprint density at radius 1 is 1.14 bits per heavy atom. The van der Waals surface area contributed by atoms with Crippen molar-refractivity contribution in [1.29, 1.82) is 0 Å². The SMILES string of the molecule is CN(CCc1ccc2c(c1)CCO2)c1cccc(CN)c1. The average Bonchev–Trinajstić information content (AvgIpc) is 3.00. The van der Waals surface area contributed by atoms with Gasteiger partial charge in [0.25, 0.3) is 0 Å². The predicted molar refractivity (Wildman–Crippen MR) is 86.9 cm³/mol. The molecule has 1 aliphatic heterocycles. The maximum atomic E-state index is 5.71. The standard InChI is InChI=1S/C18H22N2O/c1-20(17-4-2-3-15(12-17)13-19)9-7-14-5-6-18-16(11-14)8-10-21-18/h2-6,11-12H,7-10,13,19H2,1H3. The Labute approximate surface area is 126 Å². The fourth-order valence-corrected chi connectivity index (χ4v) is 2.74. The molecule has 21 heavy (non-hydrogen) atoms. The van der Waals surface area contributed by atoms with E-state index in [1.165, 1.54) is 22.4 Å². The van der Waals surface area contributed by atoms with E-state index >= 15 is 0 Å². The summed E-state index contributed by atoms with van der Waals surface area (Å²) in [6, 6.07) is 15.0. The maximum absolute atomic E-state index is 5.71. The zero-order chi connectivity index (χ0) is 14.7. The zero-order valence-electron chi connectivity index (χ0n) is 12.5. The highest BCUT2D eigenvalue weighted by atomic mass is 16.5. The lowest BCUT2D eigenvalue weighted by molar-refractivity contribution is 0.357. The Hall–Kier alpha value is -2.00. The molecule has 2 aromatic carbocycles. The fraction of sp³-hybridized carbons (Fsp3) is 0.333. The van der Waals surface area contributed by atoms with Gasteiger partial charge in [-0.05, 0) is 41.3 Å².